The van der Waals surface area contributed by atoms with Gasteiger partial charge < -0.3 is 20.1 Å². The van der Waals surface area contributed by atoms with Crippen molar-refractivity contribution in [3.8, 4) is 5.75 Å². The highest BCUT2D eigenvalue weighted by molar-refractivity contribution is 5.93. The third-order valence-electron chi connectivity index (χ3n) is 6.19. The van der Waals surface area contributed by atoms with Crippen LogP contribution in [0.5, 0.6) is 5.75 Å². The van der Waals surface area contributed by atoms with Gasteiger partial charge in [-0.05, 0) is 49.0 Å². The summed E-state index contributed by atoms with van der Waals surface area (Å²) < 4.78 is 6.00. The van der Waals surface area contributed by atoms with Crippen molar-refractivity contribution in [2.24, 2.45) is 5.92 Å². The van der Waals surface area contributed by atoms with Gasteiger partial charge in [-0.2, -0.15) is 0 Å². The minimum Gasteiger partial charge on any atom is -0.493 e. The fraction of sp³-hybridized carbons (Fsp3) is 0.360. The van der Waals surface area contributed by atoms with E-state index in [9.17, 15) is 9.90 Å². The van der Waals surface area contributed by atoms with Crippen LogP contribution >= 0.6 is 0 Å². The number of nitrogens with one attached hydrogen (secondary N) is 1. The molecular weight excluding hydrogens is 390 g/mol. The van der Waals surface area contributed by atoms with Crippen LogP contribution in [0.4, 0.5) is 11.4 Å². The molecule has 1 aliphatic heterocycles. The van der Waals surface area contributed by atoms with Crippen LogP contribution in [0.3, 0.4) is 0 Å². The number of ether oxygens (including phenoxy) is 1. The number of fused-ring (bicyclic) bond motifs is 1. The quantitative estimate of drug-likeness (QED) is 0.681. The van der Waals surface area contributed by atoms with Gasteiger partial charge in [0.25, 0.3) is 0 Å². The number of carboxylic acid groups (broad SMARTS) is 1. The van der Waals surface area contributed by atoms with E-state index in [4.69, 9.17) is 4.74 Å². The van der Waals surface area contributed by atoms with Crippen molar-refractivity contribution >= 4 is 17.3 Å². The maximum absolute atomic E-state index is 11.4. The fourth-order valence-corrected chi connectivity index (χ4v) is 4.32. The molecule has 2 atom stereocenters. The second-order valence-corrected chi connectivity index (χ2v) is 8.39. The van der Waals surface area contributed by atoms with Gasteiger partial charge in [0.05, 0.1) is 24.1 Å². The number of allylic oxidation sites excluding steroid dienone is 4. The largest absolute Gasteiger partial charge is 0.493 e. The minimum absolute atomic E-state index is 0.235. The Labute approximate surface area is 183 Å². The van der Waals surface area contributed by atoms with Gasteiger partial charge in [0.15, 0.2) is 0 Å². The zero-order valence-corrected chi connectivity index (χ0v) is 18.3. The molecule has 0 saturated heterocycles. The third-order valence-corrected chi connectivity index (χ3v) is 6.19. The normalized spacial score (nSPS) is 20.1. The van der Waals surface area contributed by atoms with Gasteiger partial charge in [0, 0.05) is 43.2 Å². The second-order valence-electron chi connectivity index (χ2n) is 8.39. The monoisotopic (exact) mass is 419 g/mol. The van der Waals surface area contributed by atoms with E-state index in [1.54, 1.807) is 6.20 Å². The van der Waals surface area contributed by atoms with E-state index in [1.807, 2.05) is 0 Å². The maximum atomic E-state index is 11.4. The molecule has 0 fully saturated rings. The van der Waals surface area contributed by atoms with Crippen molar-refractivity contribution < 1.29 is 14.6 Å². The summed E-state index contributed by atoms with van der Waals surface area (Å²) in [6.07, 6.45) is 9.44. The summed E-state index contributed by atoms with van der Waals surface area (Å²) in [5, 5.41) is 12.7. The summed E-state index contributed by atoms with van der Waals surface area (Å²) in [6.45, 7) is 5.67. The Morgan fingerprint density at radius 3 is 3.00 bits per heavy atom. The van der Waals surface area contributed by atoms with Crippen molar-refractivity contribution in [3.05, 3.63) is 71.2 Å². The number of aromatic carboxylic acids is 1. The zero-order valence-electron chi connectivity index (χ0n) is 18.3. The lowest BCUT2D eigenvalue weighted by atomic mass is 9.92. The molecule has 1 aliphatic carbocycles. The van der Waals surface area contributed by atoms with E-state index >= 15 is 0 Å². The van der Waals surface area contributed by atoms with Crippen molar-refractivity contribution in [3.63, 3.8) is 0 Å². The molecule has 31 heavy (non-hydrogen) atoms. The van der Waals surface area contributed by atoms with E-state index in [0.29, 0.717) is 24.8 Å². The summed E-state index contributed by atoms with van der Waals surface area (Å²) in [5.41, 5.74) is 5.68. The van der Waals surface area contributed by atoms with Crippen LogP contribution in [0, 0.1) is 5.92 Å². The minimum atomic E-state index is -0.957. The van der Waals surface area contributed by atoms with Crippen LogP contribution in [0.15, 0.2) is 60.1 Å². The first-order valence-electron chi connectivity index (χ1n) is 10.7. The molecule has 2 aromatic rings. The first kappa shape index (κ1) is 21.0. The standard InChI is InChI=1S/C25H29N3O3/c1-16-4-5-17(2)23(12-16)28(3)19-6-7-20-18(9-11-31-24(20)13-19)14-27-22-15-26-10-8-21(22)25(29)30/h4-8,10,13,15-16,18,27H,9,11-12,14H2,1-3H3,(H,29,30)/t16?,18-/m0/s1. The average molecular weight is 420 g/mol. The Morgan fingerprint density at radius 1 is 1.35 bits per heavy atom. The van der Waals surface area contributed by atoms with Crippen molar-refractivity contribution in [2.75, 3.05) is 30.4 Å². The van der Waals surface area contributed by atoms with Gasteiger partial charge >= 0.3 is 5.97 Å². The van der Waals surface area contributed by atoms with Gasteiger partial charge in [-0.3, -0.25) is 4.98 Å². The highest BCUT2D eigenvalue weighted by Crippen LogP contribution is 2.38. The molecule has 0 amide bonds. The number of aromatic nitrogens is 1. The van der Waals surface area contributed by atoms with Crippen molar-refractivity contribution in [1.82, 2.24) is 4.98 Å². The number of hydrogen-bond donors (Lipinski definition) is 2. The van der Waals surface area contributed by atoms with Gasteiger partial charge in [-0.15, -0.1) is 0 Å². The maximum Gasteiger partial charge on any atom is 0.337 e. The third kappa shape index (κ3) is 4.43. The number of hydrogen-bond acceptors (Lipinski definition) is 5. The van der Waals surface area contributed by atoms with Crippen LogP contribution in [-0.4, -0.2) is 36.3 Å². The molecule has 6 nitrogen and oxygen atoms in total. The Bertz CT molecular complexity index is 1040. The number of nitrogens with zero attached hydrogens (tertiary/aromatic N) is 2. The molecule has 0 bridgehead atoms. The van der Waals surface area contributed by atoms with Crippen molar-refractivity contribution in [1.29, 1.82) is 0 Å². The molecule has 2 aliphatic rings. The number of anilines is 2. The van der Waals surface area contributed by atoms with Gasteiger partial charge in [-0.25, -0.2) is 4.79 Å². The van der Waals surface area contributed by atoms with E-state index in [1.165, 1.54) is 23.5 Å². The predicted molar refractivity (Wildman–Crippen MR) is 123 cm³/mol. The molecule has 6 heteroatoms. The molecular formula is C25H29N3O3. The molecule has 0 saturated carbocycles. The topological polar surface area (TPSA) is 74.7 Å². The Balaban J connectivity index is 1.53. The molecule has 2 N–H and O–H groups in total. The summed E-state index contributed by atoms with van der Waals surface area (Å²) in [4.78, 5) is 17.8. The lowest BCUT2D eigenvalue weighted by molar-refractivity contribution is 0.0697. The average Bonchev–Trinajstić information content (AvgIpc) is 2.78. The molecule has 1 aromatic heterocycles. The smallest absolute Gasteiger partial charge is 0.337 e. The molecule has 4 rings (SSSR count). The predicted octanol–water partition coefficient (Wildman–Crippen LogP) is 5.06. The summed E-state index contributed by atoms with van der Waals surface area (Å²) in [7, 11) is 2.12. The molecule has 2 heterocycles. The number of carbonyl (C=O) groups is 1. The molecule has 0 spiro atoms. The van der Waals surface area contributed by atoms with E-state index in [0.717, 1.165) is 29.8 Å². The SMILES string of the molecule is CC1=C(N(C)c2ccc3c(c2)OCC[C@H]3CNc2cnccc2C(=O)O)CC(C)C=C1. The van der Waals surface area contributed by atoms with Crippen LogP contribution in [-0.2, 0) is 0 Å². The highest BCUT2D eigenvalue weighted by Gasteiger charge is 2.24. The van der Waals surface area contributed by atoms with Crippen molar-refractivity contribution in [2.45, 2.75) is 32.6 Å². The lowest BCUT2D eigenvalue weighted by Crippen LogP contribution is -2.23. The number of pyridine rings is 1. The molecule has 162 valence electrons. The number of carboxylic acids is 1. The Hall–Kier alpha value is -3.28. The van der Waals surface area contributed by atoms with E-state index < -0.39 is 5.97 Å². The highest BCUT2D eigenvalue weighted by atomic mass is 16.5. The molecule has 1 unspecified atom stereocenters. The zero-order chi connectivity index (χ0) is 22.0. The van der Waals surface area contributed by atoms with Gasteiger partial charge in [-0.1, -0.05) is 25.1 Å². The molecule has 0 radical (unpaired) electrons. The molecule has 1 aromatic carbocycles. The number of benzene rings is 1. The van der Waals surface area contributed by atoms with E-state index in [2.05, 4.69) is 66.4 Å². The second kappa shape index (κ2) is 8.84. The van der Waals surface area contributed by atoms with Gasteiger partial charge in [0.2, 0.25) is 0 Å². The lowest BCUT2D eigenvalue weighted by Gasteiger charge is -2.31. The Kier molecular flexibility index (Phi) is 5.98. The van der Waals surface area contributed by atoms with Crippen LogP contribution < -0.4 is 15.0 Å². The van der Waals surface area contributed by atoms with Crippen LogP contribution in [0.2, 0.25) is 0 Å². The fourth-order valence-electron chi connectivity index (χ4n) is 4.32. The van der Waals surface area contributed by atoms with Gasteiger partial charge in [0.1, 0.15) is 5.75 Å². The summed E-state index contributed by atoms with van der Waals surface area (Å²) in [6, 6.07) is 7.93. The first-order chi connectivity index (χ1) is 14.9. The first-order valence-corrected chi connectivity index (χ1v) is 10.7. The Morgan fingerprint density at radius 2 is 2.19 bits per heavy atom. The van der Waals surface area contributed by atoms with E-state index in [-0.39, 0.29) is 11.5 Å². The number of rotatable bonds is 6. The van der Waals surface area contributed by atoms with Crippen LogP contribution in [0.25, 0.3) is 0 Å². The van der Waals surface area contributed by atoms with Crippen LogP contribution in [0.1, 0.15) is 48.5 Å². The summed E-state index contributed by atoms with van der Waals surface area (Å²) >= 11 is 0. The summed E-state index contributed by atoms with van der Waals surface area (Å²) in [5.74, 6) is 0.725.